The van der Waals surface area contributed by atoms with Crippen LogP contribution in [0, 0.1) is 0 Å². The van der Waals surface area contributed by atoms with Crippen LogP contribution in [0.25, 0.3) is 0 Å². The van der Waals surface area contributed by atoms with Crippen LogP contribution in [0.1, 0.15) is 29.9 Å². The number of rotatable bonds is 5. The fourth-order valence-electron chi connectivity index (χ4n) is 1.88. The molecular formula is C15H18N4O. The van der Waals surface area contributed by atoms with E-state index in [0.29, 0.717) is 11.5 Å². The van der Waals surface area contributed by atoms with Crippen molar-refractivity contribution in [1.82, 2.24) is 9.97 Å². The Morgan fingerprint density at radius 2 is 2.00 bits per heavy atom. The number of benzene rings is 1. The number of aromatic nitrogens is 2. The summed E-state index contributed by atoms with van der Waals surface area (Å²) in [6.45, 7) is 4.75. The number of carbonyl (C=O) groups excluding carboxylic acids is 1. The molecule has 2 aromatic rings. The summed E-state index contributed by atoms with van der Waals surface area (Å²) in [5.41, 5.74) is 2.21. The van der Waals surface area contributed by atoms with E-state index in [9.17, 15) is 4.79 Å². The van der Waals surface area contributed by atoms with E-state index in [4.69, 9.17) is 0 Å². The van der Waals surface area contributed by atoms with Crippen molar-refractivity contribution in [3.63, 3.8) is 0 Å². The van der Waals surface area contributed by atoms with Gasteiger partial charge in [-0.3, -0.25) is 9.78 Å². The second-order valence-corrected chi connectivity index (χ2v) is 4.28. The number of nitrogens with zero attached hydrogens (tertiary/aromatic N) is 2. The molecule has 0 fully saturated rings. The highest BCUT2D eigenvalue weighted by atomic mass is 16.1. The number of carbonyl (C=O) groups is 1. The highest BCUT2D eigenvalue weighted by Crippen LogP contribution is 2.16. The minimum atomic E-state index is -0.252. The monoisotopic (exact) mass is 270 g/mol. The van der Waals surface area contributed by atoms with Crippen LogP contribution in [0.2, 0.25) is 0 Å². The van der Waals surface area contributed by atoms with Gasteiger partial charge in [-0.1, -0.05) is 25.1 Å². The molecule has 0 aliphatic heterocycles. The second kappa shape index (κ2) is 6.65. The van der Waals surface area contributed by atoms with Crippen molar-refractivity contribution in [3.8, 4) is 0 Å². The highest BCUT2D eigenvalue weighted by Gasteiger charge is 2.10. The molecule has 1 heterocycles. The Labute approximate surface area is 118 Å². The molecule has 5 heteroatoms. The molecule has 1 aromatic heterocycles. The van der Waals surface area contributed by atoms with Gasteiger partial charge in [0.15, 0.2) is 0 Å². The maximum atomic E-state index is 12.2. The van der Waals surface area contributed by atoms with Crippen LogP contribution in [0.5, 0.6) is 0 Å². The highest BCUT2D eigenvalue weighted by molar-refractivity contribution is 6.03. The number of hydrogen-bond donors (Lipinski definition) is 2. The first-order valence-electron chi connectivity index (χ1n) is 6.69. The molecule has 0 aliphatic rings. The number of amides is 1. The largest absolute Gasteiger partial charge is 0.369 e. The van der Waals surface area contributed by atoms with Crippen molar-refractivity contribution in [2.75, 3.05) is 17.2 Å². The van der Waals surface area contributed by atoms with Gasteiger partial charge in [-0.25, -0.2) is 4.98 Å². The summed E-state index contributed by atoms with van der Waals surface area (Å²) in [6.07, 6.45) is 3.92. The van der Waals surface area contributed by atoms with Crippen molar-refractivity contribution < 1.29 is 4.79 Å². The van der Waals surface area contributed by atoms with E-state index in [-0.39, 0.29) is 5.91 Å². The van der Waals surface area contributed by atoms with Crippen LogP contribution >= 0.6 is 0 Å². The Hall–Kier alpha value is -2.43. The number of hydrogen-bond acceptors (Lipinski definition) is 4. The molecule has 0 radical (unpaired) electrons. The Kier molecular flexibility index (Phi) is 4.65. The second-order valence-electron chi connectivity index (χ2n) is 4.28. The van der Waals surface area contributed by atoms with Crippen LogP contribution in [0.4, 0.5) is 11.5 Å². The molecule has 104 valence electrons. The maximum Gasteiger partial charge on any atom is 0.275 e. The van der Waals surface area contributed by atoms with Crippen molar-refractivity contribution in [1.29, 1.82) is 0 Å². The summed E-state index contributed by atoms with van der Waals surface area (Å²) in [4.78, 5) is 20.4. The molecule has 20 heavy (non-hydrogen) atoms. The predicted molar refractivity (Wildman–Crippen MR) is 80.0 cm³/mol. The van der Waals surface area contributed by atoms with Crippen molar-refractivity contribution in [2.24, 2.45) is 0 Å². The molecule has 0 aliphatic carbocycles. The number of nitrogens with one attached hydrogen (secondary N) is 2. The third-order valence-corrected chi connectivity index (χ3v) is 2.87. The normalized spacial score (nSPS) is 10.1. The van der Waals surface area contributed by atoms with Crippen molar-refractivity contribution in [2.45, 2.75) is 20.3 Å². The van der Waals surface area contributed by atoms with Crippen molar-refractivity contribution in [3.05, 3.63) is 47.9 Å². The maximum absolute atomic E-state index is 12.2. The fraction of sp³-hybridized carbons (Fsp3) is 0.267. The standard InChI is InChI=1S/C15H18N4O/c1-3-11-7-5-6-8-12(11)19-15(20)13-9-16-10-14(18-13)17-4-2/h5-10H,3-4H2,1-2H3,(H,17,18)(H,19,20). The van der Waals surface area contributed by atoms with Gasteiger partial charge >= 0.3 is 0 Å². The predicted octanol–water partition coefficient (Wildman–Crippen LogP) is 2.72. The van der Waals surface area contributed by atoms with Crippen LogP contribution in [-0.4, -0.2) is 22.4 Å². The van der Waals surface area contributed by atoms with Crippen molar-refractivity contribution >= 4 is 17.4 Å². The SMILES string of the molecule is CCNc1cncc(C(=O)Nc2ccccc2CC)n1. The smallest absolute Gasteiger partial charge is 0.275 e. The Balaban J connectivity index is 2.17. The van der Waals surface area contributed by atoms with Gasteiger partial charge in [0.1, 0.15) is 11.5 Å². The topological polar surface area (TPSA) is 66.9 Å². The lowest BCUT2D eigenvalue weighted by atomic mass is 10.1. The van der Waals surface area contributed by atoms with E-state index < -0.39 is 0 Å². The molecule has 1 aromatic carbocycles. The van der Waals surface area contributed by atoms with E-state index in [1.807, 2.05) is 31.2 Å². The molecule has 0 spiro atoms. The van der Waals surface area contributed by atoms with E-state index in [2.05, 4.69) is 27.5 Å². The van der Waals surface area contributed by atoms with Gasteiger partial charge in [-0.05, 0) is 25.0 Å². The lowest BCUT2D eigenvalue weighted by Crippen LogP contribution is -2.16. The number of para-hydroxylation sites is 1. The van der Waals surface area contributed by atoms with E-state index in [0.717, 1.165) is 24.2 Å². The molecule has 0 saturated carbocycles. The molecule has 5 nitrogen and oxygen atoms in total. The minimum absolute atomic E-state index is 0.252. The van der Waals surface area contributed by atoms with Crippen LogP contribution in [-0.2, 0) is 6.42 Å². The van der Waals surface area contributed by atoms with Gasteiger partial charge in [0.05, 0.1) is 12.4 Å². The molecule has 0 bridgehead atoms. The summed E-state index contributed by atoms with van der Waals surface area (Å²) < 4.78 is 0. The Morgan fingerprint density at radius 1 is 1.20 bits per heavy atom. The number of anilines is 2. The molecular weight excluding hydrogens is 252 g/mol. The molecule has 2 N–H and O–H groups in total. The first-order chi connectivity index (χ1) is 9.74. The minimum Gasteiger partial charge on any atom is -0.369 e. The van der Waals surface area contributed by atoms with Gasteiger partial charge in [0, 0.05) is 12.2 Å². The van der Waals surface area contributed by atoms with Gasteiger partial charge in [-0.15, -0.1) is 0 Å². The zero-order chi connectivity index (χ0) is 14.4. The quantitative estimate of drug-likeness (QED) is 0.876. The average Bonchev–Trinajstić information content (AvgIpc) is 2.48. The first kappa shape index (κ1) is 14.0. The summed E-state index contributed by atoms with van der Waals surface area (Å²) in [7, 11) is 0. The van der Waals surface area contributed by atoms with Gasteiger partial charge in [-0.2, -0.15) is 0 Å². The molecule has 0 saturated heterocycles. The average molecular weight is 270 g/mol. The Bertz CT molecular complexity index is 598. The fourth-order valence-corrected chi connectivity index (χ4v) is 1.88. The molecule has 0 atom stereocenters. The summed E-state index contributed by atoms with van der Waals surface area (Å²) >= 11 is 0. The lowest BCUT2D eigenvalue weighted by Gasteiger charge is -2.09. The van der Waals surface area contributed by atoms with Crippen LogP contribution in [0.3, 0.4) is 0 Å². The molecule has 0 unspecified atom stereocenters. The third kappa shape index (κ3) is 3.32. The number of aryl methyl sites for hydroxylation is 1. The summed E-state index contributed by atoms with van der Waals surface area (Å²) in [6, 6.07) is 7.74. The van der Waals surface area contributed by atoms with E-state index in [1.54, 1.807) is 6.20 Å². The van der Waals surface area contributed by atoms with E-state index >= 15 is 0 Å². The van der Waals surface area contributed by atoms with E-state index in [1.165, 1.54) is 6.20 Å². The van der Waals surface area contributed by atoms with Crippen LogP contribution in [0.15, 0.2) is 36.7 Å². The lowest BCUT2D eigenvalue weighted by molar-refractivity contribution is 0.102. The zero-order valence-electron chi connectivity index (χ0n) is 11.7. The third-order valence-electron chi connectivity index (χ3n) is 2.87. The zero-order valence-corrected chi connectivity index (χ0v) is 11.7. The summed E-state index contributed by atoms with van der Waals surface area (Å²) in [5, 5.41) is 5.91. The molecule has 2 rings (SSSR count). The van der Waals surface area contributed by atoms with Crippen LogP contribution < -0.4 is 10.6 Å². The first-order valence-corrected chi connectivity index (χ1v) is 6.69. The van der Waals surface area contributed by atoms with Gasteiger partial charge in [0.2, 0.25) is 0 Å². The summed E-state index contributed by atoms with van der Waals surface area (Å²) in [5.74, 6) is 0.349. The van der Waals surface area contributed by atoms with Gasteiger partial charge < -0.3 is 10.6 Å². The Morgan fingerprint density at radius 3 is 2.75 bits per heavy atom. The van der Waals surface area contributed by atoms with Gasteiger partial charge in [0.25, 0.3) is 5.91 Å². The molecule has 1 amide bonds.